The summed E-state index contributed by atoms with van der Waals surface area (Å²) >= 11 is 0. The molecule has 0 aliphatic heterocycles. The molecular weight excluding hydrogens is 154 g/mol. The van der Waals surface area contributed by atoms with Crippen LogP contribution in [0.2, 0.25) is 0 Å². The van der Waals surface area contributed by atoms with Crippen LogP contribution in [-0.2, 0) is 4.79 Å². The zero-order valence-corrected chi connectivity index (χ0v) is 8.35. The van der Waals surface area contributed by atoms with Gasteiger partial charge in [0, 0.05) is 5.92 Å². The SMILES string of the molecule is CCC(C)C(=O)C(C)(CO)NC. The van der Waals surface area contributed by atoms with Gasteiger partial charge in [-0.3, -0.25) is 4.79 Å². The molecule has 0 fully saturated rings. The van der Waals surface area contributed by atoms with Crippen LogP contribution in [0.3, 0.4) is 0 Å². The molecule has 0 amide bonds. The van der Waals surface area contributed by atoms with Gasteiger partial charge >= 0.3 is 0 Å². The van der Waals surface area contributed by atoms with Crippen molar-refractivity contribution in [2.45, 2.75) is 32.7 Å². The van der Waals surface area contributed by atoms with Crippen molar-refractivity contribution in [1.29, 1.82) is 0 Å². The molecule has 0 spiro atoms. The predicted molar refractivity (Wildman–Crippen MR) is 49.0 cm³/mol. The van der Waals surface area contributed by atoms with Crippen molar-refractivity contribution in [2.24, 2.45) is 5.92 Å². The minimum Gasteiger partial charge on any atom is -0.394 e. The zero-order valence-electron chi connectivity index (χ0n) is 8.35. The van der Waals surface area contributed by atoms with Gasteiger partial charge in [-0.25, -0.2) is 0 Å². The maximum absolute atomic E-state index is 11.6. The third kappa shape index (κ3) is 2.29. The molecule has 0 radical (unpaired) electrons. The molecule has 0 aliphatic rings. The maximum Gasteiger partial charge on any atom is 0.157 e. The van der Waals surface area contributed by atoms with E-state index in [1.54, 1.807) is 14.0 Å². The Morgan fingerprint density at radius 3 is 2.42 bits per heavy atom. The summed E-state index contributed by atoms with van der Waals surface area (Å²) in [6.45, 7) is 5.43. The molecule has 0 saturated heterocycles. The Kier molecular flexibility index (Phi) is 4.42. The lowest BCUT2D eigenvalue weighted by Crippen LogP contribution is -2.52. The molecule has 0 aromatic carbocycles. The number of ketones is 1. The number of aliphatic hydroxyl groups excluding tert-OH is 1. The highest BCUT2D eigenvalue weighted by Gasteiger charge is 2.32. The molecule has 0 rings (SSSR count). The largest absolute Gasteiger partial charge is 0.394 e. The third-order valence-corrected chi connectivity index (χ3v) is 2.47. The lowest BCUT2D eigenvalue weighted by atomic mass is 9.87. The normalized spacial score (nSPS) is 18.4. The summed E-state index contributed by atoms with van der Waals surface area (Å²) in [5, 5.41) is 11.9. The van der Waals surface area contributed by atoms with Crippen LogP contribution in [0.15, 0.2) is 0 Å². The number of hydrogen-bond acceptors (Lipinski definition) is 3. The van der Waals surface area contributed by atoms with Crippen LogP contribution in [0.1, 0.15) is 27.2 Å². The summed E-state index contributed by atoms with van der Waals surface area (Å²) in [4.78, 5) is 11.6. The zero-order chi connectivity index (χ0) is 9.78. The van der Waals surface area contributed by atoms with Gasteiger partial charge in [0.2, 0.25) is 0 Å². The van der Waals surface area contributed by atoms with Crippen LogP contribution in [0.25, 0.3) is 0 Å². The molecule has 72 valence electrons. The van der Waals surface area contributed by atoms with Crippen LogP contribution in [0, 0.1) is 5.92 Å². The number of hydrogen-bond donors (Lipinski definition) is 2. The molecule has 2 unspecified atom stereocenters. The number of likely N-dealkylation sites (N-methyl/N-ethyl adjacent to an activating group) is 1. The van der Waals surface area contributed by atoms with Crippen LogP contribution in [-0.4, -0.2) is 30.1 Å². The van der Waals surface area contributed by atoms with Crippen molar-refractivity contribution in [3.05, 3.63) is 0 Å². The highest BCUT2D eigenvalue weighted by molar-refractivity contribution is 5.89. The fraction of sp³-hybridized carbons (Fsp3) is 0.889. The van der Waals surface area contributed by atoms with E-state index in [0.29, 0.717) is 0 Å². The molecule has 0 aromatic heterocycles. The van der Waals surface area contributed by atoms with Crippen LogP contribution < -0.4 is 5.32 Å². The van der Waals surface area contributed by atoms with E-state index < -0.39 is 5.54 Å². The van der Waals surface area contributed by atoms with E-state index in [9.17, 15) is 4.79 Å². The summed E-state index contributed by atoms with van der Waals surface area (Å²) in [6, 6.07) is 0. The molecular formula is C9H19NO2. The monoisotopic (exact) mass is 173 g/mol. The van der Waals surface area contributed by atoms with E-state index in [0.717, 1.165) is 6.42 Å². The molecule has 2 N–H and O–H groups in total. The minimum absolute atomic E-state index is 0.00889. The Morgan fingerprint density at radius 1 is 1.67 bits per heavy atom. The fourth-order valence-electron chi connectivity index (χ4n) is 1.01. The van der Waals surface area contributed by atoms with Gasteiger partial charge in [-0.05, 0) is 20.4 Å². The second kappa shape index (κ2) is 4.58. The maximum atomic E-state index is 11.6. The quantitative estimate of drug-likeness (QED) is 0.639. The van der Waals surface area contributed by atoms with Crippen molar-refractivity contribution in [3.8, 4) is 0 Å². The Labute approximate surface area is 74.2 Å². The van der Waals surface area contributed by atoms with Crippen LogP contribution >= 0.6 is 0 Å². The van der Waals surface area contributed by atoms with E-state index in [-0.39, 0.29) is 18.3 Å². The lowest BCUT2D eigenvalue weighted by Gasteiger charge is -2.27. The average Bonchev–Trinajstić information content (AvgIpc) is 2.14. The number of aliphatic hydroxyl groups is 1. The summed E-state index contributed by atoms with van der Waals surface area (Å²) < 4.78 is 0. The Morgan fingerprint density at radius 2 is 2.17 bits per heavy atom. The summed E-state index contributed by atoms with van der Waals surface area (Å²) in [6.07, 6.45) is 0.816. The van der Waals surface area contributed by atoms with E-state index in [4.69, 9.17) is 5.11 Å². The third-order valence-electron chi connectivity index (χ3n) is 2.47. The first-order valence-electron chi connectivity index (χ1n) is 4.36. The van der Waals surface area contributed by atoms with Gasteiger partial charge in [0.25, 0.3) is 0 Å². The van der Waals surface area contributed by atoms with Gasteiger partial charge in [-0.2, -0.15) is 0 Å². The number of Topliss-reactive ketones (excluding diaryl/α,β-unsaturated/α-hetero) is 1. The summed E-state index contributed by atoms with van der Waals surface area (Å²) in [5.41, 5.74) is -0.768. The number of rotatable bonds is 5. The summed E-state index contributed by atoms with van der Waals surface area (Å²) in [5.74, 6) is 0.0876. The van der Waals surface area contributed by atoms with E-state index >= 15 is 0 Å². The molecule has 0 bridgehead atoms. The van der Waals surface area contributed by atoms with Crippen molar-refractivity contribution in [2.75, 3.05) is 13.7 Å². The minimum atomic E-state index is -0.768. The molecule has 0 heterocycles. The molecule has 3 nitrogen and oxygen atoms in total. The van der Waals surface area contributed by atoms with Gasteiger partial charge in [0.15, 0.2) is 5.78 Å². The van der Waals surface area contributed by atoms with Gasteiger partial charge in [-0.1, -0.05) is 13.8 Å². The highest BCUT2D eigenvalue weighted by Crippen LogP contribution is 2.13. The van der Waals surface area contributed by atoms with Crippen molar-refractivity contribution in [1.82, 2.24) is 5.32 Å². The van der Waals surface area contributed by atoms with E-state index in [2.05, 4.69) is 5.32 Å². The lowest BCUT2D eigenvalue weighted by molar-refractivity contribution is -0.129. The molecule has 0 aliphatic carbocycles. The molecule has 0 saturated carbocycles. The first kappa shape index (κ1) is 11.6. The van der Waals surface area contributed by atoms with Gasteiger partial charge in [0.05, 0.1) is 12.1 Å². The van der Waals surface area contributed by atoms with E-state index in [1.807, 2.05) is 13.8 Å². The van der Waals surface area contributed by atoms with Crippen molar-refractivity contribution >= 4 is 5.78 Å². The standard InChI is InChI=1S/C9H19NO2/c1-5-7(2)8(12)9(3,6-11)10-4/h7,10-11H,5-6H2,1-4H3. The molecule has 3 heteroatoms. The number of carbonyl (C=O) groups is 1. The first-order valence-corrected chi connectivity index (χ1v) is 4.36. The second-order valence-electron chi connectivity index (χ2n) is 3.41. The number of nitrogens with one attached hydrogen (secondary N) is 1. The van der Waals surface area contributed by atoms with Crippen molar-refractivity contribution < 1.29 is 9.90 Å². The van der Waals surface area contributed by atoms with Gasteiger partial charge in [-0.15, -0.1) is 0 Å². The number of carbonyl (C=O) groups excluding carboxylic acids is 1. The topological polar surface area (TPSA) is 49.3 Å². The Balaban J connectivity index is 4.41. The van der Waals surface area contributed by atoms with Crippen molar-refractivity contribution in [3.63, 3.8) is 0 Å². The fourth-order valence-corrected chi connectivity index (χ4v) is 1.01. The van der Waals surface area contributed by atoms with Gasteiger partial charge in [0.1, 0.15) is 0 Å². The van der Waals surface area contributed by atoms with E-state index in [1.165, 1.54) is 0 Å². The second-order valence-corrected chi connectivity index (χ2v) is 3.41. The molecule has 0 aromatic rings. The molecule has 12 heavy (non-hydrogen) atoms. The molecule has 2 atom stereocenters. The Bertz CT molecular complexity index is 153. The summed E-state index contributed by atoms with van der Waals surface area (Å²) in [7, 11) is 1.69. The predicted octanol–water partition coefficient (Wildman–Crippen LogP) is 0.572. The smallest absolute Gasteiger partial charge is 0.157 e. The van der Waals surface area contributed by atoms with Crippen LogP contribution in [0.4, 0.5) is 0 Å². The Hall–Kier alpha value is -0.410. The van der Waals surface area contributed by atoms with Gasteiger partial charge < -0.3 is 10.4 Å². The van der Waals surface area contributed by atoms with Crippen LogP contribution in [0.5, 0.6) is 0 Å². The first-order chi connectivity index (χ1) is 5.51. The average molecular weight is 173 g/mol. The highest BCUT2D eigenvalue weighted by atomic mass is 16.3.